The van der Waals surface area contributed by atoms with E-state index in [0.717, 1.165) is 47.6 Å². The van der Waals surface area contributed by atoms with Gasteiger partial charge in [-0.05, 0) is 63.5 Å². The minimum atomic E-state index is -0.309. The topological polar surface area (TPSA) is 63.1 Å². The second-order valence-corrected chi connectivity index (χ2v) is 8.93. The van der Waals surface area contributed by atoms with Crippen molar-refractivity contribution in [3.8, 4) is 5.69 Å². The second kappa shape index (κ2) is 9.45. The monoisotopic (exact) mass is 421 g/mol. The summed E-state index contributed by atoms with van der Waals surface area (Å²) in [5, 5.41) is 12.4. The first-order valence-corrected chi connectivity index (χ1v) is 11.2. The van der Waals surface area contributed by atoms with E-state index in [4.69, 9.17) is 0 Å². The van der Waals surface area contributed by atoms with E-state index in [1.807, 2.05) is 56.3 Å². The molecule has 7 heteroatoms. The maximum absolute atomic E-state index is 12.8. The van der Waals surface area contributed by atoms with Crippen LogP contribution in [0.5, 0.6) is 0 Å². The summed E-state index contributed by atoms with van der Waals surface area (Å²) in [5.74, 6) is 0.870. The van der Waals surface area contributed by atoms with Crippen molar-refractivity contribution < 1.29 is 4.79 Å². The fourth-order valence-electron chi connectivity index (χ4n) is 3.62. The van der Waals surface area contributed by atoms with Gasteiger partial charge in [0.15, 0.2) is 11.0 Å². The first-order valence-electron chi connectivity index (χ1n) is 10.4. The Morgan fingerprint density at radius 2 is 1.77 bits per heavy atom. The Kier molecular flexibility index (Phi) is 6.50. The summed E-state index contributed by atoms with van der Waals surface area (Å²) in [4.78, 5) is 15.2. The van der Waals surface area contributed by atoms with Gasteiger partial charge in [-0.15, -0.1) is 10.2 Å². The Labute approximate surface area is 181 Å². The van der Waals surface area contributed by atoms with E-state index < -0.39 is 0 Å². The molecular formula is C23H27N5OS. The first kappa shape index (κ1) is 20.6. The van der Waals surface area contributed by atoms with Crippen LogP contribution in [-0.4, -0.2) is 43.9 Å². The molecule has 1 aromatic heterocycles. The SMILES string of the molecule is Cc1ccccc1NC(=O)C(C)Sc1nnc(CN2CCCC2)n1-c1ccccc1. The van der Waals surface area contributed by atoms with Crippen molar-refractivity contribution in [2.24, 2.45) is 0 Å². The van der Waals surface area contributed by atoms with Crippen LogP contribution in [0.3, 0.4) is 0 Å². The molecule has 30 heavy (non-hydrogen) atoms. The average Bonchev–Trinajstić information content (AvgIpc) is 3.41. The zero-order chi connectivity index (χ0) is 20.9. The van der Waals surface area contributed by atoms with Crippen molar-refractivity contribution in [2.75, 3.05) is 18.4 Å². The van der Waals surface area contributed by atoms with Crippen molar-refractivity contribution in [3.05, 3.63) is 66.0 Å². The molecule has 0 aliphatic carbocycles. The third-order valence-electron chi connectivity index (χ3n) is 5.33. The number of amides is 1. The number of carbonyl (C=O) groups is 1. The van der Waals surface area contributed by atoms with Crippen LogP contribution < -0.4 is 5.32 Å². The number of nitrogens with zero attached hydrogens (tertiary/aromatic N) is 4. The zero-order valence-corrected chi connectivity index (χ0v) is 18.2. The Hall–Kier alpha value is -2.64. The lowest BCUT2D eigenvalue weighted by Crippen LogP contribution is -2.23. The van der Waals surface area contributed by atoms with E-state index >= 15 is 0 Å². The number of thioether (sulfide) groups is 1. The predicted octanol–water partition coefficient (Wildman–Crippen LogP) is 4.29. The van der Waals surface area contributed by atoms with Crippen LogP contribution in [0.15, 0.2) is 59.8 Å². The summed E-state index contributed by atoms with van der Waals surface area (Å²) in [6.07, 6.45) is 2.47. The van der Waals surface area contributed by atoms with Crippen LogP contribution in [0.25, 0.3) is 5.69 Å². The number of carbonyl (C=O) groups excluding carboxylic acids is 1. The van der Waals surface area contributed by atoms with E-state index in [9.17, 15) is 4.79 Å². The maximum Gasteiger partial charge on any atom is 0.237 e. The molecule has 0 radical (unpaired) electrons. The highest BCUT2D eigenvalue weighted by molar-refractivity contribution is 8.00. The smallest absolute Gasteiger partial charge is 0.237 e. The van der Waals surface area contributed by atoms with Gasteiger partial charge < -0.3 is 5.32 Å². The van der Waals surface area contributed by atoms with Crippen LogP contribution >= 0.6 is 11.8 Å². The van der Waals surface area contributed by atoms with Crippen molar-refractivity contribution in [1.82, 2.24) is 19.7 Å². The molecule has 156 valence electrons. The van der Waals surface area contributed by atoms with Crippen molar-refractivity contribution in [1.29, 1.82) is 0 Å². The minimum Gasteiger partial charge on any atom is -0.325 e. The number of likely N-dealkylation sites (tertiary alicyclic amines) is 1. The molecule has 1 fully saturated rings. The molecule has 3 aromatic rings. The number of aryl methyl sites for hydroxylation is 1. The number of rotatable bonds is 7. The van der Waals surface area contributed by atoms with E-state index in [0.29, 0.717) is 0 Å². The fourth-order valence-corrected chi connectivity index (χ4v) is 4.50. The van der Waals surface area contributed by atoms with E-state index in [-0.39, 0.29) is 11.2 Å². The van der Waals surface area contributed by atoms with Gasteiger partial charge in [-0.1, -0.05) is 48.2 Å². The van der Waals surface area contributed by atoms with Crippen molar-refractivity contribution in [2.45, 2.75) is 43.6 Å². The standard InChI is InChI=1S/C23H27N5OS/c1-17-10-6-7-13-20(17)24-22(29)18(2)30-23-26-25-21(16-27-14-8-9-15-27)28(23)19-11-4-3-5-12-19/h3-7,10-13,18H,8-9,14-16H2,1-2H3,(H,24,29). The quantitative estimate of drug-likeness (QED) is 0.577. The van der Waals surface area contributed by atoms with Gasteiger partial charge in [0, 0.05) is 11.4 Å². The highest BCUT2D eigenvalue weighted by atomic mass is 32.2. The second-order valence-electron chi connectivity index (χ2n) is 7.62. The normalized spacial score (nSPS) is 15.3. The molecule has 2 aromatic carbocycles. The van der Waals surface area contributed by atoms with Gasteiger partial charge in [0.1, 0.15) is 0 Å². The van der Waals surface area contributed by atoms with Crippen LogP contribution in [0, 0.1) is 6.92 Å². The molecule has 1 atom stereocenters. The largest absolute Gasteiger partial charge is 0.325 e. The van der Waals surface area contributed by atoms with Crippen molar-refractivity contribution in [3.63, 3.8) is 0 Å². The molecular weight excluding hydrogens is 394 g/mol. The molecule has 1 unspecified atom stereocenters. The molecule has 1 aliphatic rings. The first-order chi connectivity index (χ1) is 14.6. The molecule has 0 saturated carbocycles. The van der Waals surface area contributed by atoms with Gasteiger partial charge in [0.25, 0.3) is 0 Å². The van der Waals surface area contributed by atoms with Gasteiger partial charge in [0.2, 0.25) is 5.91 Å². The van der Waals surface area contributed by atoms with Gasteiger partial charge in [-0.3, -0.25) is 14.3 Å². The Morgan fingerprint density at radius 3 is 2.50 bits per heavy atom. The molecule has 0 spiro atoms. The van der Waals surface area contributed by atoms with Gasteiger partial charge in [0.05, 0.1) is 11.8 Å². The highest BCUT2D eigenvalue weighted by Crippen LogP contribution is 2.27. The number of para-hydroxylation sites is 2. The molecule has 0 bridgehead atoms. The van der Waals surface area contributed by atoms with E-state index in [2.05, 4.69) is 37.1 Å². The summed E-state index contributed by atoms with van der Waals surface area (Å²) in [6, 6.07) is 17.9. The molecule has 1 saturated heterocycles. The molecule has 1 amide bonds. The number of hydrogen-bond acceptors (Lipinski definition) is 5. The third-order valence-corrected chi connectivity index (χ3v) is 6.38. The molecule has 1 aliphatic heterocycles. The van der Waals surface area contributed by atoms with E-state index in [1.165, 1.54) is 24.6 Å². The highest BCUT2D eigenvalue weighted by Gasteiger charge is 2.23. The summed E-state index contributed by atoms with van der Waals surface area (Å²) < 4.78 is 2.08. The van der Waals surface area contributed by atoms with Gasteiger partial charge >= 0.3 is 0 Å². The van der Waals surface area contributed by atoms with Crippen LogP contribution in [0.1, 0.15) is 31.2 Å². The van der Waals surface area contributed by atoms with Crippen LogP contribution in [0.2, 0.25) is 0 Å². The van der Waals surface area contributed by atoms with Crippen LogP contribution in [-0.2, 0) is 11.3 Å². The summed E-state index contributed by atoms with van der Waals surface area (Å²) in [5.41, 5.74) is 2.91. The van der Waals surface area contributed by atoms with Gasteiger partial charge in [-0.25, -0.2) is 0 Å². The Bertz CT molecular complexity index is 998. The predicted molar refractivity (Wildman–Crippen MR) is 121 cm³/mol. The number of nitrogens with one attached hydrogen (secondary N) is 1. The number of anilines is 1. The lowest BCUT2D eigenvalue weighted by molar-refractivity contribution is -0.115. The van der Waals surface area contributed by atoms with Gasteiger partial charge in [-0.2, -0.15) is 0 Å². The van der Waals surface area contributed by atoms with Crippen LogP contribution in [0.4, 0.5) is 5.69 Å². The van der Waals surface area contributed by atoms with E-state index in [1.54, 1.807) is 0 Å². The Morgan fingerprint density at radius 1 is 1.07 bits per heavy atom. The lowest BCUT2D eigenvalue weighted by Gasteiger charge is -2.17. The molecule has 1 N–H and O–H groups in total. The summed E-state index contributed by atoms with van der Waals surface area (Å²) in [6.45, 7) is 6.86. The molecule has 4 rings (SSSR count). The van der Waals surface area contributed by atoms with Crippen molar-refractivity contribution >= 4 is 23.4 Å². The Balaban J connectivity index is 1.55. The number of benzene rings is 2. The number of hydrogen-bond donors (Lipinski definition) is 1. The molecule has 2 heterocycles. The number of aromatic nitrogens is 3. The summed E-state index contributed by atoms with van der Waals surface area (Å²) in [7, 11) is 0. The maximum atomic E-state index is 12.8. The average molecular weight is 422 g/mol. The fraction of sp³-hybridized carbons (Fsp3) is 0.348. The summed E-state index contributed by atoms with van der Waals surface area (Å²) >= 11 is 1.44. The minimum absolute atomic E-state index is 0.0435. The zero-order valence-electron chi connectivity index (χ0n) is 17.4. The molecule has 6 nitrogen and oxygen atoms in total. The lowest BCUT2D eigenvalue weighted by atomic mass is 10.2. The third kappa shape index (κ3) is 4.74.